The maximum absolute atomic E-state index is 13.1. The van der Waals surface area contributed by atoms with Crippen molar-refractivity contribution in [3.05, 3.63) is 70.8 Å². The summed E-state index contributed by atoms with van der Waals surface area (Å²) in [5, 5.41) is 10.3. The summed E-state index contributed by atoms with van der Waals surface area (Å²) in [6, 6.07) is 14.2. The Labute approximate surface area is 162 Å². The molecule has 136 valence electrons. The van der Waals surface area contributed by atoms with E-state index in [0.717, 1.165) is 22.2 Å². The number of halogens is 2. The average molecular weight is 391 g/mol. The van der Waals surface area contributed by atoms with Crippen LogP contribution in [-0.4, -0.2) is 33.8 Å². The number of hydrogen-bond acceptors (Lipinski definition) is 4. The highest BCUT2D eigenvalue weighted by Gasteiger charge is 2.21. The van der Waals surface area contributed by atoms with Gasteiger partial charge in [-0.2, -0.15) is 0 Å². The fourth-order valence-corrected chi connectivity index (χ4v) is 3.48. The van der Waals surface area contributed by atoms with Gasteiger partial charge in [0, 0.05) is 16.5 Å². The number of hydrogen-bond donors (Lipinski definition) is 0. The molecule has 1 atom stereocenters. The minimum atomic E-state index is -0.231. The molecular formula is C19H20ClFN4S. The van der Waals surface area contributed by atoms with Crippen LogP contribution in [0.25, 0.3) is 5.69 Å². The molecule has 3 aromatic rings. The van der Waals surface area contributed by atoms with E-state index >= 15 is 0 Å². The molecule has 0 saturated heterocycles. The molecule has 2 aromatic carbocycles. The molecule has 1 heterocycles. The molecule has 7 heteroatoms. The van der Waals surface area contributed by atoms with Crippen molar-refractivity contribution in [1.29, 1.82) is 0 Å². The lowest BCUT2D eigenvalue weighted by Crippen LogP contribution is -2.20. The number of rotatable bonds is 6. The molecule has 0 amide bonds. The predicted molar refractivity (Wildman–Crippen MR) is 104 cm³/mol. The van der Waals surface area contributed by atoms with Crippen molar-refractivity contribution in [3.63, 3.8) is 0 Å². The first kappa shape index (κ1) is 18.9. The predicted octanol–water partition coefficient (Wildman–Crippen LogP) is 4.97. The van der Waals surface area contributed by atoms with Gasteiger partial charge in [0.05, 0.1) is 6.04 Å². The van der Waals surface area contributed by atoms with E-state index in [1.54, 1.807) is 23.9 Å². The van der Waals surface area contributed by atoms with Crippen LogP contribution in [0.3, 0.4) is 0 Å². The summed E-state index contributed by atoms with van der Waals surface area (Å²) in [6.07, 6.45) is 0. The second-order valence-corrected chi connectivity index (χ2v) is 7.59. The first-order valence-electron chi connectivity index (χ1n) is 8.20. The number of benzene rings is 2. The highest BCUT2D eigenvalue weighted by Crippen LogP contribution is 2.29. The lowest BCUT2D eigenvalue weighted by molar-refractivity contribution is 0.305. The fraction of sp³-hybridized carbons (Fsp3) is 0.263. The van der Waals surface area contributed by atoms with Crippen LogP contribution in [0.5, 0.6) is 0 Å². The van der Waals surface area contributed by atoms with Crippen LogP contribution in [0.2, 0.25) is 5.02 Å². The van der Waals surface area contributed by atoms with Gasteiger partial charge in [0.25, 0.3) is 0 Å². The SMILES string of the molecule is CC(c1nnc(SCc2ccc(F)cc2)n1-c1ccc(Cl)cc1)N(C)C. The molecule has 1 aromatic heterocycles. The molecule has 4 nitrogen and oxygen atoms in total. The van der Waals surface area contributed by atoms with Gasteiger partial charge in [-0.1, -0.05) is 35.5 Å². The van der Waals surface area contributed by atoms with Gasteiger partial charge < -0.3 is 0 Å². The van der Waals surface area contributed by atoms with Gasteiger partial charge in [-0.05, 0) is 63.0 Å². The molecule has 26 heavy (non-hydrogen) atoms. The van der Waals surface area contributed by atoms with E-state index in [4.69, 9.17) is 11.6 Å². The largest absolute Gasteiger partial charge is 0.300 e. The molecule has 0 N–H and O–H groups in total. The summed E-state index contributed by atoms with van der Waals surface area (Å²) in [6.45, 7) is 2.09. The van der Waals surface area contributed by atoms with Crippen molar-refractivity contribution in [3.8, 4) is 5.69 Å². The zero-order chi connectivity index (χ0) is 18.7. The first-order chi connectivity index (χ1) is 12.5. The van der Waals surface area contributed by atoms with E-state index in [2.05, 4.69) is 26.6 Å². The zero-order valence-electron chi connectivity index (χ0n) is 14.9. The Kier molecular flexibility index (Phi) is 5.96. The quantitative estimate of drug-likeness (QED) is 0.556. The summed E-state index contributed by atoms with van der Waals surface area (Å²) in [5.41, 5.74) is 1.99. The van der Waals surface area contributed by atoms with Gasteiger partial charge in [-0.3, -0.25) is 9.47 Å². The molecule has 3 rings (SSSR count). The van der Waals surface area contributed by atoms with Crippen LogP contribution in [0.1, 0.15) is 24.4 Å². The summed E-state index contributed by atoms with van der Waals surface area (Å²) in [4.78, 5) is 2.09. The van der Waals surface area contributed by atoms with Crippen LogP contribution >= 0.6 is 23.4 Å². The van der Waals surface area contributed by atoms with Crippen LogP contribution in [0.15, 0.2) is 53.7 Å². The van der Waals surface area contributed by atoms with Gasteiger partial charge in [0.2, 0.25) is 0 Å². The molecular weight excluding hydrogens is 371 g/mol. The Hall–Kier alpha value is -1.89. The molecule has 0 bridgehead atoms. The van der Waals surface area contributed by atoms with E-state index in [9.17, 15) is 4.39 Å². The summed E-state index contributed by atoms with van der Waals surface area (Å²) in [5.74, 6) is 1.31. The highest BCUT2D eigenvalue weighted by molar-refractivity contribution is 7.98. The van der Waals surface area contributed by atoms with Crippen molar-refractivity contribution in [2.45, 2.75) is 23.9 Å². The topological polar surface area (TPSA) is 34.0 Å². The second kappa shape index (κ2) is 8.20. The molecule has 0 spiro atoms. The number of nitrogens with zero attached hydrogens (tertiary/aromatic N) is 4. The minimum Gasteiger partial charge on any atom is -0.300 e. The van der Waals surface area contributed by atoms with Gasteiger partial charge in [-0.15, -0.1) is 10.2 Å². The Morgan fingerprint density at radius 1 is 1.08 bits per heavy atom. The lowest BCUT2D eigenvalue weighted by atomic mass is 10.2. The third kappa shape index (κ3) is 4.26. The van der Waals surface area contributed by atoms with Crippen LogP contribution in [0.4, 0.5) is 4.39 Å². The van der Waals surface area contributed by atoms with E-state index in [1.807, 2.05) is 38.4 Å². The summed E-state index contributed by atoms with van der Waals surface area (Å²) in [7, 11) is 4.02. The molecule has 0 saturated carbocycles. The smallest absolute Gasteiger partial charge is 0.196 e. The third-order valence-electron chi connectivity index (χ3n) is 4.17. The van der Waals surface area contributed by atoms with Crippen molar-refractivity contribution in [2.75, 3.05) is 14.1 Å². The maximum atomic E-state index is 13.1. The third-order valence-corrected chi connectivity index (χ3v) is 5.42. The molecule has 0 aliphatic heterocycles. The second-order valence-electron chi connectivity index (χ2n) is 6.21. The Bertz CT molecular complexity index is 862. The molecule has 0 aliphatic rings. The minimum absolute atomic E-state index is 0.0957. The molecule has 0 fully saturated rings. The Morgan fingerprint density at radius 2 is 1.73 bits per heavy atom. The monoisotopic (exact) mass is 390 g/mol. The van der Waals surface area contributed by atoms with E-state index < -0.39 is 0 Å². The standard InChI is InChI=1S/C19H20ClFN4S/c1-13(24(2)3)18-22-23-19(25(18)17-10-6-15(20)7-11-17)26-12-14-4-8-16(21)9-5-14/h4-11,13H,12H2,1-3H3. The highest BCUT2D eigenvalue weighted by atomic mass is 35.5. The summed E-state index contributed by atoms with van der Waals surface area (Å²) >= 11 is 7.61. The van der Waals surface area contributed by atoms with Gasteiger partial charge in [0.15, 0.2) is 11.0 Å². The Balaban J connectivity index is 1.93. The van der Waals surface area contributed by atoms with Crippen molar-refractivity contribution >= 4 is 23.4 Å². The molecule has 0 radical (unpaired) electrons. The number of thioether (sulfide) groups is 1. The van der Waals surface area contributed by atoms with Crippen molar-refractivity contribution in [1.82, 2.24) is 19.7 Å². The van der Waals surface area contributed by atoms with Crippen LogP contribution < -0.4 is 0 Å². The lowest BCUT2D eigenvalue weighted by Gasteiger charge is -2.20. The zero-order valence-corrected chi connectivity index (χ0v) is 16.4. The van der Waals surface area contributed by atoms with E-state index in [0.29, 0.717) is 10.8 Å². The normalized spacial score (nSPS) is 12.5. The van der Waals surface area contributed by atoms with Gasteiger partial charge >= 0.3 is 0 Å². The number of aromatic nitrogens is 3. The van der Waals surface area contributed by atoms with Crippen LogP contribution in [-0.2, 0) is 5.75 Å². The van der Waals surface area contributed by atoms with Gasteiger partial charge in [0.1, 0.15) is 5.82 Å². The van der Waals surface area contributed by atoms with Crippen molar-refractivity contribution < 1.29 is 4.39 Å². The average Bonchev–Trinajstić information content (AvgIpc) is 3.05. The van der Waals surface area contributed by atoms with Crippen LogP contribution in [0, 0.1) is 5.82 Å². The fourth-order valence-electron chi connectivity index (χ4n) is 2.44. The van der Waals surface area contributed by atoms with Gasteiger partial charge in [-0.25, -0.2) is 4.39 Å². The summed E-state index contributed by atoms with van der Waals surface area (Å²) < 4.78 is 15.1. The van der Waals surface area contributed by atoms with Crippen molar-refractivity contribution in [2.24, 2.45) is 0 Å². The molecule has 0 aliphatic carbocycles. The first-order valence-corrected chi connectivity index (χ1v) is 9.57. The maximum Gasteiger partial charge on any atom is 0.196 e. The Morgan fingerprint density at radius 3 is 2.35 bits per heavy atom. The molecule has 1 unspecified atom stereocenters. The van der Waals surface area contributed by atoms with E-state index in [1.165, 1.54) is 12.1 Å². The van der Waals surface area contributed by atoms with E-state index in [-0.39, 0.29) is 11.9 Å².